The number of aromatic hydroxyl groups is 1. The maximum absolute atomic E-state index is 13.3. The first kappa shape index (κ1) is 43.5. The number of anilines is 1. The summed E-state index contributed by atoms with van der Waals surface area (Å²) in [6.07, 6.45) is 12.5. The highest BCUT2D eigenvalue weighted by molar-refractivity contribution is 5.94. The van der Waals surface area contributed by atoms with Crippen LogP contribution in [0, 0.1) is 12.8 Å². The number of phenols is 1. The summed E-state index contributed by atoms with van der Waals surface area (Å²) in [5.74, 6) is 0.988. The Morgan fingerprint density at radius 1 is 0.983 bits per heavy atom. The van der Waals surface area contributed by atoms with E-state index >= 15 is 0 Å². The highest BCUT2D eigenvalue weighted by Crippen LogP contribution is 2.31. The third-order valence-electron chi connectivity index (χ3n) is 11.4. The van der Waals surface area contributed by atoms with Gasteiger partial charge in [-0.25, -0.2) is 4.98 Å². The lowest BCUT2D eigenvalue weighted by molar-refractivity contribution is -0.116. The molecule has 15 heteroatoms. The number of nitrogens with zero attached hydrogens (tertiary/aromatic N) is 4. The van der Waals surface area contributed by atoms with Crippen molar-refractivity contribution in [3.63, 3.8) is 0 Å². The Bertz CT molecular complexity index is 2130. The van der Waals surface area contributed by atoms with Crippen LogP contribution in [0.5, 0.6) is 5.75 Å². The second-order valence-electron chi connectivity index (χ2n) is 16.0. The van der Waals surface area contributed by atoms with Gasteiger partial charge in [0.05, 0.1) is 23.7 Å². The van der Waals surface area contributed by atoms with Crippen LogP contribution in [0.4, 0.5) is 5.69 Å². The first-order chi connectivity index (χ1) is 29.0. The summed E-state index contributed by atoms with van der Waals surface area (Å²) in [7, 11) is 0. The maximum atomic E-state index is 13.3. The smallest absolute Gasteiger partial charge is 0.253 e. The average molecular weight is 821 g/mol. The number of hydrogen-bond acceptors (Lipinski definition) is 11. The standard InChI is InChI=1S/C33H46N6O3.C12H14N4O2/c1-23-20-39(29(32(35)36)19-28(34)27-9-5-6-10-30(27)40)22-31(42-23)25-11-13-26(14-12-25)33(41)38-17-15-37(16-18-38)21-24-7-3-2-4-8-24;1-8-5-14-12-10(8)4-9(6-15-12)16-11(18)2-3-13-7-17/h5-6,9-14,19,23-24,31,40H,2-4,7-8,15-18,20-22,34-36H2,1H3;4-7H,2-3H2,1H3,(H,13,17)(H,14,15)(H,16,18)/b28-19-;. The van der Waals surface area contributed by atoms with E-state index in [1.54, 1.807) is 30.5 Å². The van der Waals surface area contributed by atoms with Gasteiger partial charge >= 0.3 is 0 Å². The summed E-state index contributed by atoms with van der Waals surface area (Å²) < 4.78 is 6.29. The van der Waals surface area contributed by atoms with Crippen molar-refractivity contribution in [1.82, 2.24) is 30.0 Å². The zero-order chi connectivity index (χ0) is 42.6. The van der Waals surface area contributed by atoms with E-state index in [4.69, 9.17) is 21.9 Å². The molecule has 3 amide bonds. The topological polar surface area (TPSA) is 221 Å². The highest BCUT2D eigenvalue weighted by Gasteiger charge is 2.29. The van der Waals surface area contributed by atoms with E-state index in [0.29, 0.717) is 54.3 Å². The first-order valence-corrected chi connectivity index (χ1v) is 20.9. The number of morpholine rings is 1. The summed E-state index contributed by atoms with van der Waals surface area (Å²) in [5, 5.41) is 16.4. The molecule has 7 rings (SSSR count). The van der Waals surface area contributed by atoms with Gasteiger partial charge in [-0.1, -0.05) is 43.5 Å². The number of para-hydroxylation sites is 1. The van der Waals surface area contributed by atoms with Crippen LogP contribution in [0.1, 0.15) is 78.6 Å². The van der Waals surface area contributed by atoms with E-state index < -0.39 is 0 Å². The maximum Gasteiger partial charge on any atom is 0.253 e. The van der Waals surface area contributed by atoms with E-state index in [2.05, 4.69) is 30.4 Å². The number of allylic oxidation sites excluding steroid dienone is 1. The van der Waals surface area contributed by atoms with Gasteiger partial charge < -0.3 is 52.5 Å². The van der Waals surface area contributed by atoms with Gasteiger partial charge in [0.2, 0.25) is 12.3 Å². The molecular weight excluding hydrogens is 761 g/mol. The minimum absolute atomic E-state index is 0.0873. The predicted octanol–water partition coefficient (Wildman–Crippen LogP) is 4.52. The second kappa shape index (κ2) is 20.8. The number of aromatic amines is 1. The molecule has 15 nitrogen and oxygen atoms in total. The zero-order valence-corrected chi connectivity index (χ0v) is 34.7. The van der Waals surface area contributed by atoms with Gasteiger partial charge in [0.15, 0.2) is 0 Å². The SMILES string of the molecule is CC1CN(C(/C=C(\N)c2ccccc2O)=C(N)N)CC(c2ccc(C(=O)N3CCN(CC4CCCCC4)CC3)cc2)O1.Cc1c[nH]c2ncc(NC(=O)CCNC=O)cc12. The quantitative estimate of drug-likeness (QED) is 0.0598. The molecule has 10 N–H and O–H groups in total. The summed E-state index contributed by atoms with van der Waals surface area (Å²) in [6, 6.07) is 16.5. The van der Waals surface area contributed by atoms with E-state index in [0.717, 1.165) is 54.3 Å². The van der Waals surface area contributed by atoms with Crippen molar-refractivity contribution in [3.8, 4) is 5.75 Å². The van der Waals surface area contributed by atoms with Crippen molar-refractivity contribution >= 4 is 40.6 Å². The van der Waals surface area contributed by atoms with E-state index in [-0.39, 0.29) is 42.0 Å². The van der Waals surface area contributed by atoms with Crippen LogP contribution in [0.2, 0.25) is 0 Å². The van der Waals surface area contributed by atoms with Crippen LogP contribution >= 0.6 is 0 Å². The number of nitrogens with one attached hydrogen (secondary N) is 3. The molecule has 2 aromatic heterocycles. The molecule has 0 spiro atoms. The molecule has 2 unspecified atom stereocenters. The summed E-state index contributed by atoms with van der Waals surface area (Å²) >= 11 is 0. The molecule has 3 aliphatic rings. The number of rotatable bonds is 12. The number of aromatic nitrogens is 2. The minimum atomic E-state index is -0.240. The van der Waals surface area contributed by atoms with Crippen molar-refractivity contribution in [3.05, 3.63) is 107 Å². The molecule has 2 atom stereocenters. The minimum Gasteiger partial charge on any atom is -0.507 e. The molecule has 0 radical (unpaired) electrons. The van der Waals surface area contributed by atoms with Gasteiger partial charge in [-0.3, -0.25) is 19.3 Å². The Balaban J connectivity index is 0.000000279. The van der Waals surface area contributed by atoms with Gasteiger partial charge in [-0.05, 0) is 80.1 Å². The number of H-pyrrole nitrogens is 1. The summed E-state index contributed by atoms with van der Waals surface area (Å²) in [4.78, 5) is 48.7. The van der Waals surface area contributed by atoms with E-state index in [1.807, 2.05) is 61.3 Å². The number of carbonyl (C=O) groups is 3. The van der Waals surface area contributed by atoms with Crippen molar-refractivity contribution in [2.24, 2.45) is 23.1 Å². The lowest BCUT2D eigenvalue weighted by Crippen LogP contribution is -2.49. The summed E-state index contributed by atoms with van der Waals surface area (Å²) in [6.45, 7) is 10.0. The van der Waals surface area contributed by atoms with Crippen LogP contribution in [-0.2, 0) is 14.3 Å². The Labute approximate surface area is 352 Å². The predicted molar refractivity (Wildman–Crippen MR) is 234 cm³/mol. The van der Waals surface area contributed by atoms with Crippen LogP contribution in [0.3, 0.4) is 0 Å². The average Bonchev–Trinajstić information content (AvgIpc) is 3.62. The molecule has 320 valence electrons. The fourth-order valence-corrected chi connectivity index (χ4v) is 8.19. The molecule has 4 heterocycles. The van der Waals surface area contributed by atoms with Crippen molar-refractivity contribution in [2.75, 3.05) is 57.7 Å². The lowest BCUT2D eigenvalue weighted by Gasteiger charge is -2.39. The Hall–Kier alpha value is -6.06. The Morgan fingerprint density at radius 2 is 1.72 bits per heavy atom. The van der Waals surface area contributed by atoms with Crippen molar-refractivity contribution in [2.45, 2.75) is 64.6 Å². The number of carbonyl (C=O) groups excluding carboxylic acids is 3. The number of fused-ring (bicyclic) bond motifs is 1. The van der Waals surface area contributed by atoms with Gasteiger partial charge in [-0.2, -0.15) is 0 Å². The Morgan fingerprint density at radius 3 is 2.42 bits per heavy atom. The van der Waals surface area contributed by atoms with Crippen molar-refractivity contribution < 1.29 is 24.2 Å². The van der Waals surface area contributed by atoms with Gasteiger partial charge in [0, 0.05) is 87.2 Å². The molecule has 1 saturated carbocycles. The second-order valence-corrected chi connectivity index (χ2v) is 16.0. The Kier molecular flexibility index (Phi) is 15.1. The van der Waals surface area contributed by atoms with Gasteiger partial charge in [-0.15, -0.1) is 0 Å². The molecule has 2 aliphatic heterocycles. The van der Waals surface area contributed by atoms with Crippen LogP contribution in [0.25, 0.3) is 16.7 Å². The number of ether oxygens (including phenoxy) is 1. The molecule has 3 fully saturated rings. The molecule has 0 bridgehead atoms. The highest BCUT2D eigenvalue weighted by atomic mass is 16.5. The number of amides is 3. The number of phenolic OH excluding ortho intramolecular Hbond substituents is 1. The van der Waals surface area contributed by atoms with E-state index in [1.165, 1.54) is 38.6 Å². The van der Waals surface area contributed by atoms with Crippen LogP contribution < -0.4 is 27.8 Å². The largest absolute Gasteiger partial charge is 0.507 e. The lowest BCUT2D eigenvalue weighted by atomic mass is 9.89. The zero-order valence-electron chi connectivity index (χ0n) is 34.7. The fourth-order valence-electron chi connectivity index (χ4n) is 8.19. The van der Waals surface area contributed by atoms with Crippen LogP contribution in [0.15, 0.2) is 84.6 Å². The monoisotopic (exact) mass is 820 g/mol. The first-order valence-electron chi connectivity index (χ1n) is 20.9. The van der Waals surface area contributed by atoms with Crippen LogP contribution in [-0.4, -0.2) is 106 Å². The normalized spacial score (nSPS) is 18.9. The molecule has 2 aromatic carbocycles. The number of hydrogen-bond donors (Lipinski definition) is 7. The van der Waals surface area contributed by atoms with E-state index in [9.17, 15) is 19.5 Å². The van der Waals surface area contributed by atoms with Crippen molar-refractivity contribution in [1.29, 1.82) is 0 Å². The molecule has 2 saturated heterocycles. The fraction of sp³-hybridized carbons (Fsp3) is 0.422. The summed E-state index contributed by atoms with van der Waals surface area (Å²) in [5.41, 5.74) is 24.2. The molecular formula is C45H60N10O5. The molecule has 60 heavy (non-hydrogen) atoms. The molecule has 4 aromatic rings. The van der Waals surface area contributed by atoms with Gasteiger partial charge in [0.1, 0.15) is 23.3 Å². The number of benzene rings is 2. The third kappa shape index (κ3) is 11.6. The number of aryl methyl sites for hydroxylation is 1. The number of nitrogens with two attached hydrogens (primary N) is 3. The number of piperazine rings is 1. The third-order valence-corrected chi connectivity index (χ3v) is 11.4. The van der Waals surface area contributed by atoms with Gasteiger partial charge in [0.25, 0.3) is 5.91 Å². The molecule has 1 aliphatic carbocycles. The number of pyridine rings is 1.